The number of piperidine rings is 1. The Kier molecular flexibility index (Phi) is 7.00. The maximum absolute atomic E-state index is 12.8. The molecule has 0 aromatic heterocycles. The van der Waals surface area contributed by atoms with E-state index in [0.717, 1.165) is 43.8 Å². The molecule has 1 atom stereocenters. The van der Waals surface area contributed by atoms with E-state index in [4.69, 9.17) is 0 Å². The van der Waals surface area contributed by atoms with Crippen LogP contribution in [0.2, 0.25) is 0 Å². The topological polar surface area (TPSA) is 41.1 Å². The molecule has 0 spiro atoms. The van der Waals surface area contributed by atoms with E-state index in [2.05, 4.69) is 53.1 Å². The second-order valence-electron chi connectivity index (χ2n) is 8.80. The van der Waals surface area contributed by atoms with E-state index in [1.54, 1.807) is 0 Å². The van der Waals surface area contributed by atoms with E-state index in [9.17, 15) is 4.79 Å². The van der Waals surface area contributed by atoms with E-state index in [1.807, 2.05) is 6.07 Å². The average molecular weight is 391 g/mol. The molecule has 2 aromatic rings. The molecule has 0 radical (unpaired) electrons. The molecule has 2 N–H and O–H groups in total. The lowest BCUT2D eigenvalue weighted by Gasteiger charge is -2.22. The van der Waals surface area contributed by atoms with E-state index in [1.165, 1.54) is 48.9 Å². The first kappa shape index (κ1) is 20.2. The van der Waals surface area contributed by atoms with Gasteiger partial charge in [0.05, 0.1) is 0 Å². The summed E-state index contributed by atoms with van der Waals surface area (Å²) in [5.41, 5.74) is 4.78. The number of fused-ring (bicyclic) bond motifs is 1. The molecule has 2 heterocycles. The van der Waals surface area contributed by atoms with Crippen molar-refractivity contribution in [1.29, 1.82) is 0 Å². The van der Waals surface area contributed by atoms with Gasteiger partial charge in [0.1, 0.15) is 0 Å². The van der Waals surface area contributed by atoms with Gasteiger partial charge in [0.2, 0.25) is 0 Å². The summed E-state index contributed by atoms with van der Waals surface area (Å²) in [6.07, 6.45) is 9.91. The Labute approximate surface area is 175 Å². The average Bonchev–Trinajstić information content (AvgIpc) is 2.96. The van der Waals surface area contributed by atoms with Crippen LogP contribution in [0.1, 0.15) is 66.4 Å². The molecule has 4 rings (SSSR count). The van der Waals surface area contributed by atoms with E-state index < -0.39 is 0 Å². The molecule has 2 aromatic carbocycles. The Morgan fingerprint density at radius 3 is 2.66 bits per heavy atom. The van der Waals surface area contributed by atoms with Crippen molar-refractivity contribution in [2.45, 2.75) is 63.8 Å². The summed E-state index contributed by atoms with van der Waals surface area (Å²) in [5, 5.41) is 7.17. The van der Waals surface area contributed by atoms with Crippen LogP contribution >= 0.6 is 0 Å². The zero-order valence-electron chi connectivity index (χ0n) is 17.5. The first-order valence-electron chi connectivity index (χ1n) is 11.5. The van der Waals surface area contributed by atoms with Gasteiger partial charge in [-0.15, -0.1) is 0 Å². The quantitative estimate of drug-likeness (QED) is 0.622. The minimum absolute atomic E-state index is 0.299. The Morgan fingerprint density at radius 1 is 1.00 bits per heavy atom. The predicted octanol–water partition coefficient (Wildman–Crippen LogP) is 5.40. The molecule has 3 nitrogen and oxygen atoms in total. The molecular weight excluding hydrogens is 356 g/mol. The Hall–Kier alpha value is -2.13. The van der Waals surface area contributed by atoms with E-state index >= 15 is 0 Å². The maximum Gasteiger partial charge on any atom is 0.162 e. The van der Waals surface area contributed by atoms with Crippen molar-refractivity contribution in [3.63, 3.8) is 0 Å². The van der Waals surface area contributed by atoms with Crippen LogP contribution in [0.3, 0.4) is 0 Å². The molecule has 2 aliphatic heterocycles. The number of nitrogens with one attached hydrogen (secondary N) is 2. The van der Waals surface area contributed by atoms with Gasteiger partial charge in [-0.05, 0) is 87.6 Å². The summed E-state index contributed by atoms with van der Waals surface area (Å²) in [6.45, 7) is 2.28. The highest BCUT2D eigenvalue weighted by atomic mass is 16.1. The lowest BCUT2D eigenvalue weighted by Crippen LogP contribution is -2.27. The zero-order chi connectivity index (χ0) is 19.9. The van der Waals surface area contributed by atoms with Gasteiger partial charge in [-0.2, -0.15) is 0 Å². The SMILES string of the molecule is O=C(CCCC1CCNCC1)c1ccc2c(c1)NC(Cc1ccccc1)CCC2. The Morgan fingerprint density at radius 2 is 1.83 bits per heavy atom. The number of hydrogen-bond acceptors (Lipinski definition) is 3. The maximum atomic E-state index is 12.8. The largest absolute Gasteiger partial charge is 0.382 e. The number of ketones is 1. The summed E-state index contributed by atoms with van der Waals surface area (Å²) < 4.78 is 0. The molecule has 29 heavy (non-hydrogen) atoms. The monoisotopic (exact) mass is 390 g/mol. The van der Waals surface area contributed by atoms with Gasteiger partial charge in [-0.3, -0.25) is 4.79 Å². The molecule has 0 amide bonds. The molecule has 0 aliphatic carbocycles. The number of carbonyl (C=O) groups is 1. The number of anilines is 1. The number of hydrogen-bond donors (Lipinski definition) is 2. The zero-order valence-corrected chi connectivity index (χ0v) is 17.5. The summed E-state index contributed by atoms with van der Waals surface area (Å²) in [5.74, 6) is 1.10. The Balaban J connectivity index is 1.35. The number of carbonyl (C=O) groups excluding carboxylic acids is 1. The van der Waals surface area contributed by atoms with Crippen LogP contribution < -0.4 is 10.6 Å². The van der Waals surface area contributed by atoms with Crippen LogP contribution in [0.15, 0.2) is 48.5 Å². The lowest BCUT2D eigenvalue weighted by atomic mass is 9.91. The third-order valence-corrected chi connectivity index (χ3v) is 6.59. The van der Waals surface area contributed by atoms with Gasteiger partial charge in [0, 0.05) is 23.7 Å². The van der Waals surface area contributed by atoms with Gasteiger partial charge in [-0.1, -0.05) is 42.5 Å². The number of benzene rings is 2. The van der Waals surface area contributed by atoms with Crippen LogP contribution in [0, 0.1) is 5.92 Å². The highest BCUT2D eigenvalue weighted by Gasteiger charge is 2.18. The fraction of sp³-hybridized carbons (Fsp3) is 0.500. The lowest BCUT2D eigenvalue weighted by molar-refractivity contribution is 0.0977. The van der Waals surface area contributed by atoms with Gasteiger partial charge in [0.25, 0.3) is 0 Å². The van der Waals surface area contributed by atoms with Gasteiger partial charge < -0.3 is 10.6 Å². The molecule has 2 aliphatic rings. The van der Waals surface area contributed by atoms with E-state index in [0.29, 0.717) is 18.2 Å². The second-order valence-corrected chi connectivity index (χ2v) is 8.80. The highest BCUT2D eigenvalue weighted by Crippen LogP contribution is 2.28. The summed E-state index contributed by atoms with van der Waals surface area (Å²) >= 11 is 0. The Bertz CT molecular complexity index is 796. The summed E-state index contributed by atoms with van der Waals surface area (Å²) in [6, 6.07) is 17.5. The molecule has 0 bridgehead atoms. The molecule has 1 fully saturated rings. The van der Waals surface area contributed by atoms with Crippen LogP contribution in [-0.4, -0.2) is 24.9 Å². The smallest absolute Gasteiger partial charge is 0.162 e. The minimum atomic E-state index is 0.299. The summed E-state index contributed by atoms with van der Waals surface area (Å²) in [7, 11) is 0. The fourth-order valence-electron chi connectivity index (χ4n) is 4.85. The van der Waals surface area contributed by atoms with Crippen molar-refractivity contribution in [1.82, 2.24) is 5.32 Å². The van der Waals surface area contributed by atoms with Crippen LogP contribution in [0.5, 0.6) is 0 Å². The minimum Gasteiger partial charge on any atom is -0.382 e. The highest BCUT2D eigenvalue weighted by molar-refractivity contribution is 5.97. The number of aryl methyl sites for hydroxylation is 1. The molecule has 0 saturated carbocycles. The predicted molar refractivity (Wildman–Crippen MR) is 121 cm³/mol. The first-order chi connectivity index (χ1) is 14.3. The van der Waals surface area contributed by atoms with Gasteiger partial charge in [-0.25, -0.2) is 0 Å². The van der Waals surface area contributed by atoms with Gasteiger partial charge >= 0.3 is 0 Å². The molecule has 1 saturated heterocycles. The van der Waals surface area contributed by atoms with Crippen molar-refractivity contribution >= 4 is 11.5 Å². The van der Waals surface area contributed by atoms with Crippen molar-refractivity contribution in [2.24, 2.45) is 5.92 Å². The second kappa shape index (κ2) is 10.1. The van der Waals surface area contributed by atoms with Crippen molar-refractivity contribution in [2.75, 3.05) is 18.4 Å². The number of rotatable bonds is 7. The fourth-order valence-corrected chi connectivity index (χ4v) is 4.85. The third-order valence-electron chi connectivity index (χ3n) is 6.59. The van der Waals surface area contributed by atoms with Crippen molar-refractivity contribution in [3.05, 3.63) is 65.2 Å². The molecule has 1 unspecified atom stereocenters. The first-order valence-corrected chi connectivity index (χ1v) is 11.5. The van der Waals surface area contributed by atoms with E-state index in [-0.39, 0.29) is 0 Å². The van der Waals surface area contributed by atoms with Crippen molar-refractivity contribution < 1.29 is 4.79 Å². The molecule has 3 heteroatoms. The normalized spacial score (nSPS) is 19.8. The molecular formula is C26H34N2O. The van der Waals surface area contributed by atoms with Crippen LogP contribution in [0.25, 0.3) is 0 Å². The summed E-state index contributed by atoms with van der Waals surface area (Å²) in [4.78, 5) is 12.8. The van der Waals surface area contributed by atoms with Crippen LogP contribution in [-0.2, 0) is 12.8 Å². The standard InChI is InChI=1S/C26H34N2O/c29-26(11-4-8-20-14-16-27-17-15-20)23-13-12-22-9-5-10-24(28-25(22)19-23)18-21-6-2-1-3-7-21/h1-3,6-7,12-13,19-20,24,27-28H,4-5,8-11,14-18H2. The molecule has 154 valence electrons. The van der Waals surface area contributed by atoms with Crippen molar-refractivity contribution in [3.8, 4) is 0 Å². The third kappa shape index (κ3) is 5.70. The van der Waals surface area contributed by atoms with Crippen LogP contribution in [0.4, 0.5) is 5.69 Å². The van der Waals surface area contributed by atoms with Gasteiger partial charge in [0.15, 0.2) is 5.78 Å². The number of Topliss-reactive ketones (excluding diaryl/α,β-unsaturated/α-hetero) is 1.